The molecule has 3 aliphatic rings. The number of likely N-dealkylation sites (tertiary alicyclic amines) is 2. The fraction of sp³-hybridized carbons (Fsp3) is 0.613. The van der Waals surface area contributed by atoms with Gasteiger partial charge in [-0.1, -0.05) is 37.5 Å². The Hall–Kier alpha value is -2.65. The van der Waals surface area contributed by atoms with E-state index in [0.717, 1.165) is 43.4 Å². The molecule has 6 nitrogen and oxygen atoms in total. The summed E-state index contributed by atoms with van der Waals surface area (Å²) >= 11 is 0. The van der Waals surface area contributed by atoms with Gasteiger partial charge in [-0.15, -0.1) is 0 Å². The predicted molar refractivity (Wildman–Crippen MR) is 147 cm³/mol. The molecule has 9 heteroatoms. The molecule has 0 bridgehead atoms. The standard InChI is InChI=1S/C31H40F3N3O3/c32-31(33,34)30(15-2-1-3-16-30)22-36-18-13-23(14-19-36)21-40-28-8-4-7-27(35-28)24-9-11-25(12-10-24)29(39)37-17-5-6-26(37)20-38/h4,7-12,23,26,38H,1-3,5-6,13-22H2/t26-/m1/s1. The molecule has 2 saturated heterocycles. The van der Waals surface area contributed by atoms with Gasteiger partial charge in [0.15, 0.2) is 0 Å². The Morgan fingerprint density at radius 2 is 1.70 bits per heavy atom. The zero-order chi connectivity index (χ0) is 28.2. The maximum absolute atomic E-state index is 14.0. The monoisotopic (exact) mass is 559 g/mol. The second-order valence-electron chi connectivity index (χ2n) is 11.8. The highest BCUT2D eigenvalue weighted by atomic mass is 19.4. The Morgan fingerprint density at radius 3 is 2.38 bits per heavy atom. The summed E-state index contributed by atoms with van der Waals surface area (Å²) in [4.78, 5) is 21.3. The molecule has 2 aromatic rings. The van der Waals surface area contributed by atoms with Crippen molar-refractivity contribution in [2.45, 2.75) is 70.0 Å². The van der Waals surface area contributed by atoms with Crippen molar-refractivity contribution >= 4 is 5.91 Å². The van der Waals surface area contributed by atoms with E-state index in [2.05, 4.69) is 4.98 Å². The minimum absolute atomic E-state index is 0.0155. The maximum Gasteiger partial charge on any atom is 0.395 e. The number of carbonyl (C=O) groups excluding carboxylic acids is 1. The van der Waals surface area contributed by atoms with Crippen LogP contribution in [0.5, 0.6) is 5.88 Å². The first-order chi connectivity index (χ1) is 19.3. The molecular weight excluding hydrogens is 519 g/mol. The number of hydrogen-bond donors (Lipinski definition) is 1. The summed E-state index contributed by atoms with van der Waals surface area (Å²) in [5.41, 5.74) is 0.662. The van der Waals surface area contributed by atoms with E-state index < -0.39 is 11.6 Å². The minimum atomic E-state index is -4.14. The molecule has 1 N–H and O–H groups in total. The van der Waals surface area contributed by atoms with Crippen LogP contribution in [-0.4, -0.2) is 77.4 Å². The summed E-state index contributed by atoms with van der Waals surface area (Å²) in [5.74, 6) is 0.737. The highest BCUT2D eigenvalue weighted by Gasteiger charge is 2.55. The second kappa shape index (κ2) is 12.5. The number of alkyl halides is 3. The number of amides is 1. The van der Waals surface area contributed by atoms with Gasteiger partial charge in [-0.05, 0) is 75.7 Å². The smallest absolute Gasteiger partial charge is 0.395 e. The molecule has 1 aliphatic carbocycles. The van der Waals surface area contributed by atoms with E-state index in [4.69, 9.17) is 4.74 Å². The Bertz CT molecular complexity index is 1130. The first-order valence-corrected chi connectivity index (χ1v) is 14.7. The average Bonchev–Trinajstić information content (AvgIpc) is 3.46. The van der Waals surface area contributed by atoms with Crippen molar-refractivity contribution in [2.24, 2.45) is 11.3 Å². The van der Waals surface area contributed by atoms with Crippen LogP contribution in [0.3, 0.4) is 0 Å². The number of pyridine rings is 1. The van der Waals surface area contributed by atoms with E-state index in [-0.39, 0.29) is 43.9 Å². The number of benzene rings is 1. The highest BCUT2D eigenvalue weighted by molar-refractivity contribution is 5.95. The van der Waals surface area contributed by atoms with Gasteiger partial charge in [0.1, 0.15) is 0 Å². The quantitative estimate of drug-likeness (QED) is 0.433. The van der Waals surface area contributed by atoms with Crippen molar-refractivity contribution in [3.63, 3.8) is 0 Å². The molecule has 1 aromatic carbocycles. The van der Waals surface area contributed by atoms with Crippen LogP contribution >= 0.6 is 0 Å². The van der Waals surface area contributed by atoms with Gasteiger partial charge in [0.25, 0.3) is 5.91 Å². The number of hydrogen-bond acceptors (Lipinski definition) is 5. The van der Waals surface area contributed by atoms with Crippen LogP contribution in [0.15, 0.2) is 42.5 Å². The summed E-state index contributed by atoms with van der Waals surface area (Å²) in [6, 6.07) is 12.8. The molecular formula is C31H40F3N3O3. The lowest BCUT2D eigenvalue weighted by Gasteiger charge is -2.44. The van der Waals surface area contributed by atoms with Gasteiger partial charge in [-0.25, -0.2) is 4.98 Å². The third-order valence-corrected chi connectivity index (χ3v) is 9.11. The number of halogens is 3. The summed E-state index contributed by atoms with van der Waals surface area (Å²) in [6.45, 7) is 2.60. The number of aliphatic hydroxyl groups excluding tert-OH is 1. The van der Waals surface area contributed by atoms with Gasteiger partial charge in [-0.3, -0.25) is 4.79 Å². The van der Waals surface area contributed by atoms with E-state index in [1.54, 1.807) is 17.0 Å². The van der Waals surface area contributed by atoms with Gasteiger partial charge in [-0.2, -0.15) is 13.2 Å². The van der Waals surface area contributed by atoms with Crippen LogP contribution < -0.4 is 4.74 Å². The van der Waals surface area contributed by atoms with Crippen LogP contribution in [0.25, 0.3) is 11.3 Å². The first-order valence-electron chi connectivity index (χ1n) is 14.7. The first kappa shape index (κ1) is 28.9. The molecule has 5 rings (SSSR count). The van der Waals surface area contributed by atoms with E-state index in [1.165, 1.54) is 0 Å². The fourth-order valence-corrected chi connectivity index (χ4v) is 6.60. The Morgan fingerprint density at radius 1 is 0.975 bits per heavy atom. The maximum atomic E-state index is 14.0. The molecule has 0 spiro atoms. The van der Waals surface area contributed by atoms with Crippen LogP contribution in [0.4, 0.5) is 13.2 Å². The van der Waals surface area contributed by atoms with Gasteiger partial charge < -0.3 is 19.6 Å². The Kier molecular flexibility index (Phi) is 9.00. The number of aliphatic hydroxyl groups is 1. The SMILES string of the molecule is O=C(c1ccc(-c2cccc(OCC3CCN(CC4(C(F)(F)F)CCCCC4)CC3)n2)cc1)N1CCC[C@@H]1CO. The van der Waals surface area contributed by atoms with Crippen molar-refractivity contribution in [2.75, 3.05) is 39.4 Å². The summed E-state index contributed by atoms with van der Waals surface area (Å²) in [7, 11) is 0. The molecule has 1 saturated carbocycles. The van der Waals surface area contributed by atoms with Crippen molar-refractivity contribution in [1.82, 2.24) is 14.8 Å². The van der Waals surface area contributed by atoms with Gasteiger partial charge >= 0.3 is 6.18 Å². The lowest BCUT2D eigenvalue weighted by molar-refractivity contribution is -0.240. The largest absolute Gasteiger partial charge is 0.477 e. The number of nitrogens with zero attached hydrogens (tertiary/aromatic N) is 3. The predicted octanol–water partition coefficient (Wildman–Crippen LogP) is 5.95. The Labute approximate surface area is 234 Å². The lowest BCUT2D eigenvalue weighted by atomic mass is 9.72. The van der Waals surface area contributed by atoms with E-state index in [0.29, 0.717) is 50.5 Å². The summed E-state index contributed by atoms with van der Waals surface area (Å²) < 4.78 is 47.9. The van der Waals surface area contributed by atoms with Crippen molar-refractivity contribution in [3.05, 3.63) is 48.0 Å². The number of piperidine rings is 1. The van der Waals surface area contributed by atoms with Gasteiger partial charge in [0.05, 0.1) is 30.4 Å². The molecule has 1 amide bonds. The molecule has 2 aliphatic heterocycles. The van der Waals surface area contributed by atoms with Crippen LogP contribution in [-0.2, 0) is 0 Å². The van der Waals surface area contributed by atoms with Crippen LogP contribution in [0, 0.1) is 11.3 Å². The van der Waals surface area contributed by atoms with Crippen LogP contribution in [0.1, 0.15) is 68.1 Å². The Balaban J connectivity index is 1.12. The van der Waals surface area contributed by atoms with E-state index in [1.807, 2.05) is 35.2 Å². The molecule has 218 valence electrons. The molecule has 1 atom stereocenters. The summed E-state index contributed by atoms with van der Waals surface area (Å²) in [5, 5.41) is 9.53. The zero-order valence-electron chi connectivity index (χ0n) is 23.0. The average molecular weight is 560 g/mol. The highest BCUT2D eigenvalue weighted by Crippen LogP contribution is 2.49. The number of aromatic nitrogens is 1. The third kappa shape index (κ3) is 6.46. The zero-order valence-corrected chi connectivity index (χ0v) is 23.0. The number of rotatable bonds is 8. The molecule has 0 radical (unpaired) electrons. The van der Waals surface area contributed by atoms with Crippen molar-refractivity contribution in [3.8, 4) is 17.1 Å². The van der Waals surface area contributed by atoms with E-state index in [9.17, 15) is 23.1 Å². The van der Waals surface area contributed by atoms with Crippen LogP contribution in [0.2, 0.25) is 0 Å². The molecule has 40 heavy (non-hydrogen) atoms. The van der Waals surface area contributed by atoms with E-state index >= 15 is 0 Å². The number of carbonyl (C=O) groups is 1. The van der Waals surface area contributed by atoms with Gasteiger partial charge in [0, 0.05) is 30.3 Å². The lowest BCUT2D eigenvalue weighted by Crippen LogP contribution is -2.50. The minimum Gasteiger partial charge on any atom is -0.477 e. The van der Waals surface area contributed by atoms with Gasteiger partial charge in [0.2, 0.25) is 5.88 Å². The summed E-state index contributed by atoms with van der Waals surface area (Å²) in [6.07, 6.45) is 1.97. The third-order valence-electron chi connectivity index (χ3n) is 9.11. The topological polar surface area (TPSA) is 65.9 Å². The van der Waals surface area contributed by atoms with Crippen molar-refractivity contribution < 1.29 is 27.8 Å². The second-order valence-corrected chi connectivity index (χ2v) is 11.8. The fourth-order valence-electron chi connectivity index (χ4n) is 6.60. The number of ether oxygens (including phenoxy) is 1. The molecule has 3 fully saturated rings. The molecule has 3 heterocycles. The molecule has 1 aromatic heterocycles. The molecule has 0 unspecified atom stereocenters. The van der Waals surface area contributed by atoms with Crippen molar-refractivity contribution in [1.29, 1.82) is 0 Å². The normalized spacial score (nSPS) is 22.4.